The molecular weight excluding hydrogens is 165 g/mol. The normalized spacial score (nSPS) is 0. The van der Waals surface area contributed by atoms with Crippen LogP contribution in [0.25, 0.3) is 0 Å². The molecule has 0 aromatic rings. The van der Waals surface area contributed by atoms with Crippen molar-refractivity contribution in [2.45, 2.75) is 0 Å². The summed E-state index contributed by atoms with van der Waals surface area (Å²) in [5.41, 5.74) is 0. The maximum atomic E-state index is 0. The minimum absolute atomic E-state index is 0. The molecule has 0 rings (SSSR count). The third-order valence-electron chi connectivity index (χ3n) is 0. The zero-order valence-electron chi connectivity index (χ0n) is 3.41. The quantitative estimate of drug-likeness (QED) is 0.398. The zero-order valence-corrected chi connectivity index (χ0v) is 11.4. The molecule has 0 aliphatic carbocycles. The Hall–Kier alpha value is 3.69. The van der Waals surface area contributed by atoms with Crippen LogP contribution >= 0.6 is 0 Å². The predicted octanol–water partition coefficient (Wildman–Crippen LogP) is -1.14. The predicted molar refractivity (Wildman–Crippen MR) is 17.3 cm³/mol. The second-order valence-corrected chi connectivity index (χ2v) is 0. The standard InChI is InChI=1S/Mo.3Na. The van der Waals surface area contributed by atoms with Crippen molar-refractivity contribution in [2.75, 3.05) is 0 Å². The molecule has 0 heterocycles. The van der Waals surface area contributed by atoms with Crippen molar-refractivity contribution in [1.29, 1.82) is 0 Å². The molecular formula is MoNa3. The Labute approximate surface area is 107 Å². The summed E-state index contributed by atoms with van der Waals surface area (Å²) in [6, 6.07) is 0. The molecule has 0 saturated carbocycles. The Balaban J connectivity index is 0. The smallest absolute Gasteiger partial charge is 0 e. The van der Waals surface area contributed by atoms with Gasteiger partial charge in [-0.2, -0.15) is 0 Å². The Morgan fingerprint density at radius 3 is 0.500 bits per heavy atom. The first kappa shape index (κ1) is 25.3. The van der Waals surface area contributed by atoms with Gasteiger partial charge in [0.2, 0.25) is 0 Å². The van der Waals surface area contributed by atoms with Crippen molar-refractivity contribution in [3.63, 3.8) is 0 Å². The van der Waals surface area contributed by atoms with Gasteiger partial charge in [0.25, 0.3) is 0 Å². The molecule has 0 aromatic carbocycles. The largest absolute Gasteiger partial charge is 0 e. The molecule has 0 nitrogen and oxygen atoms in total. The van der Waals surface area contributed by atoms with E-state index in [-0.39, 0.29) is 110 Å². The molecule has 4 heavy (non-hydrogen) atoms. The van der Waals surface area contributed by atoms with Gasteiger partial charge < -0.3 is 0 Å². The molecule has 3 radical (unpaired) electrons. The summed E-state index contributed by atoms with van der Waals surface area (Å²) in [5.74, 6) is 0. The summed E-state index contributed by atoms with van der Waals surface area (Å²) in [6.45, 7) is 0. The van der Waals surface area contributed by atoms with Gasteiger partial charge in [-0.25, -0.2) is 0 Å². The molecule has 0 N–H and O–H groups in total. The molecule has 0 atom stereocenters. The maximum Gasteiger partial charge on any atom is 0 e. The van der Waals surface area contributed by atoms with E-state index in [0.717, 1.165) is 0 Å². The van der Waals surface area contributed by atoms with E-state index in [1.807, 2.05) is 0 Å². The average Bonchev–Trinajstić information content (AvgIpc) is 0. The van der Waals surface area contributed by atoms with Crippen LogP contribution in [0.15, 0.2) is 0 Å². The summed E-state index contributed by atoms with van der Waals surface area (Å²) >= 11 is 0. The SMILES string of the molecule is [Mo].[Na].[Na].[Na]. The van der Waals surface area contributed by atoms with Crippen LogP contribution < -0.4 is 0 Å². The molecule has 0 spiro atoms. The second kappa shape index (κ2) is 15.9. The van der Waals surface area contributed by atoms with E-state index >= 15 is 0 Å². The van der Waals surface area contributed by atoms with Crippen LogP contribution in [-0.4, -0.2) is 88.7 Å². The molecule has 0 fully saturated rings. The van der Waals surface area contributed by atoms with Crippen LogP contribution in [0.3, 0.4) is 0 Å². The summed E-state index contributed by atoms with van der Waals surface area (Å²) in [7, 11) is 0. The van der Waals surface area contributed by atoms with Crippen molar-refractivity contribution in [1.82, 2.24) is 0 Å². The number of hydrogen-bond acceptors (Lipinski definition) is 0. The first-order chi connectivity index (χ1) is 0. The van der Waals surface area contributed by atoms with Gasteiger partial charge in [-0.3, -0.25) is 0 Å². The van der Waals surface area contributed by atoms with Crippen molar-refractivity contribution in [3.8, 4) is 0 Å². The molecule has 0 amide bonds. The summed E-state index contributed by atoms with van der Waals surface area (Å²) in [6.07, 6.45) is 0. The number of hydrogen-bond donors (Lipinski definition) is 0. The van der Waals surface area contributed by atoms with Crippen LogP contribution in [0.4, 0.5) is 0 Å². The van der Waals surface area contributed by atoms with E-state index in [9.17, 15) is 0 Å². The molecule has 0 unspecified atom stereocenters. The van der Waals surface area contributed by atoms with Crippen molar-refractivity contribution in [3.05, 3.63) is 0 Å². The first-order valence-corrected chi connectivity index (χ1v) is 0. The van der Waals surface area contributed by atoms with Gasteiger partial charge in [-0.15, -0.1) is 0 Å². The van der Waals surface area contributed by atoms with Crippen LogP contribution in [0.2, 0.25) is 0 Å². The van der Waals surface area contributed by atoms with Crippen LogP contribution in [-0.2, 0) is 21.1 Å². The van der Waals surface area contributed by atoms with Crippen molar-refractivity contribution in [2.24, 2.45) is 0 Å². The minimum atomic E-state index is 0. The van der Waals surface area contributed by atoms with E-state index in [4.69, 9.17) is 0 Å². The third kappa shape index (κ3) is 9.19. The summed E-state index contributed by atoms with van der Waals surface area (Å²) < 4.78 is 0. The van der Waals surface area contributed by atoms with Gasteiger partial charge in [0.05, 0.1) is 0 Å². The van der Waals surface area contributed by atoms with Crippen LogP contribution in [0, 0.1) is 0 Å². The summed E-state index contributed by atoms with van der Waals surface area (Å²) in [4.78, 5) is 0. The summed E-state index contributed by atoms with van der Waals surface area (Å²) in [5, 5.41) is 0. The van der Waals surface area contributed by atoms with E-state index in [1.165, 1.54) is 0 Å². The molecule has 0 aliphatic rings. The van der Waals surface area contributed by atoms with Crippen molar-refractivity contribution >= 4 is 88.7 Å². The maximum absolute atomic E-state index is 0. The molecule has 0 aliphatic heterocycles. The zero-order chi connectivity index (χ0) is 0. The monoisotopic (exact) mass is 167 g/mol. The minimum Gasteiger partial charge on any atom is 0 e. The Kier molecular flexibility index (Phi) is 101. The fourth-order valence-corrected chi connectivity index (χ4v) is 0. The van der Waals surface area contributed by atoms with Gasteiger partial charge in [0.1, 0.15) is 0 Å². The Morgan fingerprint density at radius 2 is 0.500 bits per heavy atom. The molecule has 9 valence electrons. The van der Waals surface area contributed by atoms with Crippen molar-refractivity contribution < 1.29 is 21.1 Å². The second-order valence-electron chi connectivity index (χ2n) is 0. The fraction of sp³-hybridized carbons (Fsp3) is 0. The van der Waals surface area contributed by atoms with Gasteiger partial charge in [-0.05, 0) is 0 Å². The molecule has 0 bridgehead atoms. The fourth-order valence-electron chi connectivity index (χ4n) is 0. The van der Waals surface area contributed by atoms with E-state index in [0.29, 0.717) is 0 Å². The Morgan fingerprint density at radius 1 is 0.500 bits per heavy atom. The molecule has 4 heteroatoms. The molecule has 0 aromatic heterocycles. The van der Waals surface area contributed by atoms with Gasteiger partial charge in [-0.1, -0.05) is 0 Å². The Bertz CT molecular complexity index is 3.25. The van der Waals surface area contributed by atoms with E-state index < -0.39 is 0 Å². The van der Waals surface area contributed by atoms with Gasteiger partial charge in [0.15, 0.2) is 0 Å². The first-order valence-electron chi connectivity index (χ1n) is 0. The van der Waals surface area contributed by atoms with E-state index in [1.54, 1.807) is 0 Å². The number of rotatable bonds is 0. The van der Waals surface area contributed by atoms with Crippen LogP contribution in [0.1, 0.15) is 0 Å². The van der Waals surface area contributed by atoms with E-state index in [2.05, 4.69) is 0 Å². The van der Waals surface area contributed by atoms with Gasteiger partial charge in [0, 0.05) is 110 Å². The average molecular weight is 165 g/mol. The van der Waals surface area contributed by atoms with Crippen LogP contribution in [0.5, 0.6) is 0 Å². The van der Waals surface area contributed by atoms with Gasteiger partial charge >= 0.3 is 0 Å². The third-order valence-corrected chi connectivity index (χ3v) is 0. The molecule has 0 saturated heterocycles. The topological polar surface area (TPSA) is 0 Å².